The van der Waals surface area contributed by atoms with Gasteiger partial charge in [-0.15, -0.1) is 24.0 Å². The number of carbonyl (C=O) groups is 1. The number of amides is 1. The van der Waals surface area contributed by atoms with Gasteiger partial charge in [-0.05, 0) is 43.9 Å². The Kier molecular flexibility index (Phi) is 8.98. The lowest BCUT2D eigenvalue weighted by atomic mass is 10.2. The van der Waals surface area contributed by atoms with E-state index in [0.29, 0.717) is 19.0 Å². The number of hydrogen-bond donors (Lipinski definition) is 3. The Morgan fingerprint density at radius 2 is 1.91 bits per heavy atom. The van der Waals surface area contributed by atoms with E-state index in [4.69, 9.17) is 0 Å². The molecule has 1 aromatic rings. The van der Waals surface area contributed by atoms with Gasteiger partial charge in [0.1, 0.15) is 0 Å². The van der Waals surface area contributed by atoms with Crippen LogP contribution in [0.25, 0.3) is 0 Å². The lowest BCUT2D eigenvalue weighted by Crippen LogP contribution is -2.38. The Morgan fingerprint density at radius 3 is 2.48 bits per heavy atom. The van der Waals surface area contributed by atoms with E-state index in [-0.39, 0.29) is 29.9 Å². The van der Waals surface area contributed by atoms with Crippen LogP contribution in [0.2, 0.25) is 0 Å². The van der Waals surface area contributed by atoms with E-state index in [2.05, 4.69) is 27.9 Å². The van der Waals surface area contributed by atoms with Gasteiger partial charge < -0.3 is 16.0 Å². The molecule has 5 nitrogen and oxygen atoms in total. The first-order chi connectivity index (χ1) is 10.7. The molecule has 128 valence electrons. The van der Waals surface area contributed by atoms with Crippen LogP contribution in [0.5, 0.6) is 0 Å². The van der Waals surface area contributed by atoms with Crippen LogP contribution in [0.3, 0.4) is 0 Å². The summed E-state index contributed by atoms with van der Waals surface area (Å²) in [7, 11) is 0. The van der Waals surface area contributed by atoms with E-state index in [0.717, 1.165) is 30.2 Å². The van der Waals surface area contributed by atoms with E-state index < -0.39 is 0 Å². The molecule has 6 heteroatoms. The van der Waals surface area contributed by atoms with Crippen LogP contribution in [-0.2, 0) is 11.3 Å². The molecule has 1 saturated carbocycles. The van der Waals surface area contributed by atoms with Crippen molar-refractivity contribution in [3.63, 3.8) is 0 Å². The predicted molar refractivity (Wildman–Crippen MR) is 106 cm³/mol. The van der Waals surface area contributed by atoms with Gasteiger partial charge in [0.15, 0.2) is 5.96 Å². The number of aliphatic imine (C=N–C) groups is 1. The van der Waals surface area contributed by atoms with E-state index in [1.165, 1.54) is 12.8 Å². The summed E-state index contributed by atoms with van der Waals surface area (Å²) in [5.74, 6) is 0.946. The summed E-state index contributed by atoms with van der Waals surface area (Å²) in [6.07, 6.45) is 3.89. The molecule has 23 heavy (non-hydrogen) atoms. The molecule has 0 saturated heterocycles. The third-order valence-electron chi connectivity index (χ3n) is 3.40. The highest BCUT2D eigenvalue weighted by Crippen LogP contribution is 2.18. The zero-order chi connectivity index (χ0) is 15.8. The third-order valence-corrected chi connectivity index (χ3v) is 3.40. The van der Waals surface area contributed by atoms with Crippen LogP contribution in [0.15, 0.2) is 29.3 Å². The van der Waals surface area contributed by atoms with Crippen molar-refractivity contribution in [2.45, 2.75) is 52.1 Å². The van der Waals surface area contributed by atoms with Crippen molar-refractivity contribution >= 4 is 41.5 Å². The second-order valence-corrected chi connectivity index (χ2v) is 5.61. The first-order valence-corrected chi connectivity index (χ1v) is 8.15. The zero-order valence-electron chi connectivity index (χ0n) is 13.9. The fourth-order valence-corrected chi connectivity index (χ4v) is 2.06. The van der Waals surface area contributed by atoms with Crippen LogP contribution in [0, 0.1) is 0 Å². The maximum Gasteiger partial charge on any atom is 0.224 e. The number of nitrogens with one attached hydrogen (secondary N) is 3. The first kappa shape index (κ1) is 19.7. The van der Waals surface area contributed by atoms with Gasteiger partial charge in [0, 0.05) is 24.7 Å². The third kappa shape index (κ3) is 7.67. The van der Waals surface area contributed by atoms with Crippen LogP contribution in [0.1, 0.15) is 45.1 Å². The number of halogens is 1. The average Bonchev–Trinajstić information content (AvgIpc) is 3.31. The number of rotatable bonds is 7. The van der Waals surface area contributed by atoms with Crippen LogP contribution < -0.4 is 16.0 Å². The van der Waals surface area contributed by atoms with E-state index >= 15 is 0 Å². The summed E-state index contributed by atoms with van der Waals surface area (Å²) in [6, 6.07) is 8.46. The minimum absolute atomic E-state index is 0. The number of hydrogen-bond acceptors (Lipinski definition) is 2. The normalized spacial score (nSPS) is 13.9. The van der Waals surface area contributed by atoms with Crippen molar-refractivity contribution in [2.24, 2.45) is 4.99 Å². The number of nitrogens with zero attached hydrogens (tertiary/aromatic N) is 1. The van der Waals surface area contributed by atoms with Crippen LogP contribution in [-0.4, -0.2) is 24.5 Å². The first-order valence-electron chi connectivity index (χ1n) is 8.15. The molecule has 0 spiro atoms. The molecule has 2 rings (SSSR count). The molecule has 0 aliphatic heterocycles. The highest BCUT2D eigenvalue weighted by Gasteiger charge is 2.21. The van der Waals surface area contributed by atoms with Crippen molar-refractivity contribution in [3.8, 4) is 0 Å². The summed E-state index contributed by atoms with van der Waals surface area (Å²) in [5, 5.41) is 9.54. The van der Waals surface area contributed by atoms with E-state index in [1.54, 1.807) is 0 Å². The Balaban J connectivity index is 0.00000264. The van der Waals surface area contributed by atoms with Crippen molar-refractivity contribution in [1.29, 1.82) is 0 Å². The molecule has 1 fully saturated rings. The lowest BCUT2D eigenvalue weighted by molar-refractivity contribution is -0.116. The van der Waals surface area contributed by atoms with Crippen molar-refractivity contribution in [2.75, 3.05) is 11.9 Å². The van der Waals surface area contributed by atoms with Gasteiger partial charge >= 0.3 is 0 Å². The minimum Gasteiger partial charge on any atom is -0.357 e. The number of guanidine groups is 1. The number of benzene rings is 1. The molecular formula is C17H27IN4O. The van der Waals surface area contributed by atoms with Gasteiger partial charge in [-0.3, -0.25) is 4.79 Å². The van der Waals surface area contributed by atoms with Gasteiger partial charge in [0.25, 0.3) is 0 Å². The van der Waals surface area contributed by atoms with Crippen LogP contribution in [0.4, 0.5) is 5.69 Å². The number of carbonyl (C=O) groups excluding carboxylic acids is 1. The molecule has 0 aromatic heterocycles. The molecule has 0 unspecified atom stereocenters. The Hall–Kier alpha value is -1.31. The predicted octanol–water partition coefficient (Wildman–Crippen LogP) is 3.26. The van der Waals surface area contributed by atoms with E-state index in [1.807, 2.05) is 31.2 Å². The molecule has 3 N–H and O–H groups in total. The molecule has 0 bridgehead atoms. The Bertz CT molecular complexity index is 512. The maximum absolute atomic E-state index is 11.5. The molecule has 1 aliphatic rings. The van der Waals surface area contributed by atoms with Gasteiger partial charge in [0.05, 0.1) is 6.54 Å². The Labute approximate surface area is 155 Å². The fourth-order valence-electron chi connectivity index (χ4n) is 2.06. The SMILES string of the molecule is CCCC(=O)Nc1ccc(CN=C(NCC)NC2CC2)cc1.I. The summed E-state index contributed by atoms with van der Waals surface area (Å²) in [5.41, 5.74) is 1.97. The monoisotopic (exact) mass is 430 g/mol. The molecule has 1 amide bonds. The molecule has 1 aromatic carbocycles. The quantitative estimate of drug-likeness (QED) is 0.354. The second kappa shape index (κ2) is 10.5. The maximum atomic E-state index is 11.5. The topological polar surface area (TPSA) is 65.5 Å². The fraction of sp³-hybridized carbons (Fsp3) is 0.529. The minimum atomic E-state index is 0. The zero-order valence-corrected chi connectivity index (χ0v) is 16.2. The molecule has 1 aliphatic carbocycles. The molecule has 0 heterocycles. The standard InChI is InChI=1S/C17H26N4O.HI/c1-3-5-16(22)20-14-8-6-13(7-9-14)12-19-17(18-4-2)21-15-10-11-15;/h6-9,15H,3-5,10-12H2,1-2H3,(H,20,22)(H2,18,19,21);1H. The van der Waals surface area contributed by atoms with Gasteiger partial charge in [-0.2, -0.15) is 0 Å². The smallest absolute Gasteiger partial charge is 0.224 e. The Morgan fingerprint density at radius 1 is 1.22 bits per heavy atom. The van der Waals surface area contributed by atoms with Gasteiger partial charge in [-0.25, -0.2) is 4.99 Å². The van der Waals surface area contributed by atoms with Crippen molar-refractivity contribution in [3.05, 3.63) is 29.8 Å². The van der Waals surface area contributed by atoms with Crippen LogP contribution >= 0.6 is 24.0 Å². The van der Waals surface area contributed by atoms with Gasteiger partial charge in [-0.1, -0.05) is 19.1 Å². The van der Waals surface area contributed by atoms with E-state index in [9.17, 15) is 4.79 Å². The van der Waals surface area contributed by atoms with Crippen molar-refractivity contribution < 1.29 is 4.79 Å². The molecule has 0 radical (unpaired) electrons. The number of anilines is 1. The molecule has 0 atom stereocenters. The average molecular weight is 430 g/mol. The second-order valence-electron chi connectivity index (χ2n) is 5.61. The summed E-state index contributed by atoms with van der Waals surface area (Å²) >= 11 is 0. The summed E-state index contributed by atoms with van der Waals surface area (Å²) in [4.78, 5) is 16.1. The summed E-state index contributed by atoms with van der Waals surface area (Å²) in [6.45, 7) is 5.56. The summed E-state index contributed by atoms with van der Waals surface area (Å²) < 4.78 is 0. The molecular weight excluding hydrogens is 403 g/mol. The highest BCUT2D eigenvalue weighted by atomic mass is 127. The van der Waals surface area contributed by atoms with Gasteiger partial charge in [0.2, 0.25) is 5.91 Å². The van der Waals surface area contributed by atoms with Crippen molar-refractivity contribution in [1.82, 2.24) is 10.6 Å². The lowest BCUT2D eigenvalue weighted by Gasteiger charge is -2.10. The largest absolute Gasteiger partial charge is 0.357 e. The highest BCUT2D eigenvalue weighted by molar-refractivity contribution is 14.0.